The molecule has 3 N–H and O–H groups in total. The molecule has 0 bridgehead atoms. The van der Waals surface area contributed by atoms with E-state index in [4.69, 9.17) is 11.6 Å². The summed E-state index contributed by atoms with van der Waals surface area (Å²) in [5.74, 6) is 1.02. The van der Waals surface area contributed by atoms with E-state index >= 15 is 0 Å². The lowest BCUT2D eigenvalue weighted by molar-refractivity contribution is 0.262. The Morgan fingerprint density at radius 1 is 1.17 bits per heavy atom. The summed E-state index contributed by atoms with van der Waals surface area (Å²) in [6.07, 6.45) is 3.91. The van der Waals surface area contributed by atoms with Gasteiger partial charge in [-0.05, 0) is 55.1 Å². The first-order valence-electron chi connectivity index (χ1n) is 7.71. The van der Waals surface area contributed by atoms with E-state index in [9.17, 15) is 4.79 Å². The number of nitrogens with one attached hydrogen (secondary N) is 3. The van der Waals surface area contributed by atoms with Crippen molar-refractivity contribution >= 4 is 29.1 Å². The largest absolute Gasteiger partial charge is 0.324 e. The number of nitrogens with zero attached hydrogens (tertiary/aromatic N) is 1. The Hall–Kier alpha value is -2.11. The minimum Gasteiger partial charge on any atom is -0.316 e. The van der Waals surface area contributed by atoms with Crippen LogP contribution < -0.4 is 16.0 Å². The summed E-state index contributed by atoms with van der Waals surface area (Å²) in [6.45, 7) is 2.13. The van der Waals surface area contributed by atoms with Crippen LogP contribution in [0.15, 0.2) is 42.6 Å². The maximum absolute atomic E-state index is 11.9. The van der Waals surface area contributed by atoms with Crippen LogP contribution in [0.25, 0.3) is 0 Å². The minimum absolute atomic E-state index is 0.327. The number of rotatable bonds is 3. The quantitative estimate of drug-likeness (QED) is 0.801. The van der Waals surface area contributed by atoms with E-state index < -0.39 is 0 Å². The number of pyridine rings is 1. The maximum atomic E-state index is 11.9. The molecule has 2 aromatic rings. The van der Waals surface area contributed by atoms with Crippen molar-refractivity contribution in [3.63, 3.8) is 0 Å². The lowest BCUT2D eigenvalue weighted by Crippen LogP contribution is -2.28. The smallest absolute Gasteiger partial charge is 0.316 e. The van der Waals surface area contributed by atoms with Crippen LogP contribution in [0.4, 0.5) is 16.3 Å². The summed E-state index contributed by atoms with van der Waals surface area (Å²) in [7, 11) is 0. The third-order valence-electron chi connectivity index (χ3n) is 3.91. The summed E-state index contributed by atoms with van der Waals surface area (Å²) in [4.78, 5) is 16.0. The van der Waals surface area contributed by atoms with E-state index in [0.29, 0.717) is 16.8 Å². The van der Waals surface area contributed by atoms with Crippen molar-refractivity contribution in [1.29, 1.82) is 0 Å². The second-order valence-corrected chi connectivity index (χ2v) is 6.04. The summed E-state index contributed by atoms with van der Waals surface area (Å²) in [6, 6.07) is 11.0. The molecule has 1 aliphatic rings. The average molecular weight is 331 g/mol. The summed E-state index contributed by atoms with van der Waals surface area (Å²) >= 11 is 5.76. The summed E-state index contributed by atoms with van der Waals surface area (Å²) < 4.78 is 0. The van der Waals surface area contributed by atoms with Gasteiger partial charge in [0.2, 0.25) is 0 Å². The lowest BCUT2D eigenvalue weighted by atomic mass is 9.92. The Morgan fingerprint density at radius 3 is 2.65 bits per heavy atom. The van der Waals surface area contributed by atoms with Gasteiger partial charge >= 0.3 is 6.03 Å². The van der Waals surface area contributed by atoms with E-state index in [2.05, 4.69) is 33.1 Å². The highest BCUT2D eigenvalue weighted by Crippen LogP contribution is 2.24. The van der Waals surface area contributed by atoms with Crippen LogP contribution in [0, 0.1) is 0 Å². The molecule has 0 radical (unpaired) electrons. The molecule has 0 saturated carbocycles. The second kappa shape index (κ2) is 7.44. The monoisotopic (exact) mass is 330 g/mol. The van der Waals surface area contributed by atoms with E-state index in [-0.39, 0.29) is 6.03 Å². The average Bonchev–Trinajstić information content (AvgIpc) is 2.58. The van der Waals surface area contributed by atoms with E-state index in [1.165, 1.54) is 24.6 Å². The number of halogens is 1. The van der Waals surface area contributed by atoms with Crippen molar-refractivity contribution < 1.29 is 4.79 Å². The number of carbonyl (C=O) groups is 1. The standard InChI is InChI=1S/C17H19ClN4O/c18-14-5-8-16(20-11-14)22-17(23)21-15-6-3-12(4-7-15)13-2-1-9-19-10-13/h3-8,11,13,19H,1-2,9-10H2,(H2,20,21,22,23)/t13-/m1/s1. The van der Waals surface area contributed by atoms with Crippen LogP contribution in [-0.4, -0.2) is 24.1 Å². The number of benzene rings is 1. The molecule has 2 amide bonds. The number of carbonyl (C=O) groups excluding carboxylic acids is 1. The molecule has 1 aliphatic heterocycles. The van der Waals surface area contributed by atoms with Gasteiger partial charge in [-0.2, -0.15) is 0 Å². The molecule has 1 saturated heterocycles. The number of hydrogen-bond acceptors (Lipinski definition) is 3. The molecule has 6 heteroatoms. The van der Waals surface area contributed by atoms with Crippen molar-refractivity contribution in [1.82, 2.24) is 10.3 Å². The lowest BCUT2D eigenvalue weighted by Gasteiger charge is -2.23. The predicted octanol–water partition coefficient (Wildman–Crippen LogP) is 3.85. The van der Waals surface area contributed by atoms with Crippen LogP contribution in [-0.2, 0) is 0 Å². The molecule has 120 valence electrons. The van der Waals surface area contributed by atoms with Gasteiger partial charge in [0.05, 0.1) is 5.02 Å². The van der Waals surface area contributed by atoms with Crippen molar-refractivity contribution in [2.45, 2.75) is 18.8 Å². The van der Waals surface area contributed by atoms with E-state index in [1.807, 2.05) is 12.1 Å². The zero-order valence-corrected chi connectivity index (χ0v) is 13.4. The molecule has 0 spiro atoms. The fourth-order valence-electron chi connectivity index (χ4n) is 2.70. The van der Waals surface area contributed by atoms with Gasteiger partial charge in [-0.15, -0.1) is 0 Å². The molecule has 2 heterocycles. The van der Waals surface area contributed by atoms with Crippen LogP contribution in [0.3, 0.4) is 0 Å². The van der Waals surface area contributed by atoms with E-state index in [1.54, 1.807) is 12.1 Å². The zero-order chi connectivity index (χ0) is 16.1. The van der Waals surface area contributed by atoms with Crippen LogP contribution in [0.5, 0.6) is 0 Å². The van der Waals surface area contributed by atoms with Gasteiger partial charge in [-0.3, -0.25) is 5.32 Å². The normalized spacial score (nSPS) is 17.5. The molecule has 23 heavy (non-hydrogen) atoms. The Balaban J connectivity index is 1.57. The van der Waals surface area contributed by atoms with E-state index in [0.717, 1.165) is 18.8 Å². The number of aromatic nitrogens is 1. The molecule has 1 aromatic carbocycles. The van der Waals surface area contributed by atoms with Gasteiger partial charge in [-0.1, -0.05) is 23.7 Å². The first-order chi connectivity index (χ1) is 11.2. The first kappa shape index (κ1) is 15.8. The number of urea groups is 1. The molecule has 1 aromatic heterocycles. The Kier molecular flexibility index (Phi) is 5.10. The summed E-state index contributed by atoms with van der Waals surface area (Å²) in [5, 5.41) is 9.41. The molecule has 5 nitrogen and oxygen atoms in total. The van der Waals surface area contributed by atoms with Gasteiger partial charge in [0, 0.05) is 18.4 Å². The van der Waals surface area contributed by atoms with Gasteiger partial charge in [0.15, 0.2) is 0 Å². The first-order valence-corrected chi connectivity index (χ1v) is 8.09. The highest BCUT2D eigenvalue weighted by molar-refractivity contribution is 6.30. The fourth-order valence-corrected chi connectivity index (χ4v) is 2.82. The molecule has 1 atom stereocenters. The molecule has 0 unspecified atom stereocenters. The van der Waals surface area contributed by atoms with Crippen molar-refractivity contribution in [3.8, 4) is 0 Å². The second-order valence-electron chi connectivity index (χ2n) is 5.61. The summed E-state index contributed by atoms with van der Waals surface area (Å²) in [5.41, 5.74) is 2.06. The number of anilines is 2. The number of amides is 2. The van der Waals surface area contributed by atoms with Gasteiger partial charge in [0.1, 0.15) is 5.82 Å². The maximum Gasteiger partial charge on any atom is 0.324 e. The fraction of sp³-hybridized carbons (Fsp3) is 0.294. The van der Waals surface area contributed by atoms with Gasteiger partial charge < -0.3 is 10.6 Å². The van der Waals surface area contributed by atoms with Crippen LogP contribution in [0.2, 0.25) is 5.02 Å². The molecular formula is C17H19ClN4O. The van der Waals surface area contributed by atoms with Crippen LogP contribution in [0.1, 0.15) is 24.3 Å². The van der Waals surface area contributed by atoms with Gasteiger partial charge in [-0.25, -0.2) is 9.78 Å². The predicted molar refractivity (Wildman–Crippen MR) is 93.2 cm³/mol. The minimum atomic E-state index is -0.327. The molecule has 0 aliphatic carbocycles. The van der Waals surface area contributed by atoms with Crippen LogP contribution >= 0.6 is 11.6 Å². The van der Waals surface area contributed by atoms with Crippen molar-refractivity contribution in [2.24, 2.45) is 0 Å². The van der Waals surface area contributed by atoms with Crippen molar-refractivity contribution in [3.05, 3.63) is 53.2 Å². The molecule has 1 fully saturated rings. The highest BCUT2D eigenvalue weighted by atomic mass is 35.5. The number of hydrogen-bond donors (Lipinski definition) is 3. The Labute approximate surface area is 140 Å². The Morgan fingerprint density at radius 2 is 2.00 bits per heavy atom. The SMILES string of the molecule is O=C(Nc1ccc([C@@H]2CCCNC2)cc1)Nc1ccc(Cl)cn1. The molecule has 3 rings (SSSR count). The van der Waals surface area contributed by atoms with Crippen molar-refractivity contribution in [2.75, 3.05) is 23.7 Å². The van der Waals surface area contributed by atoms with Gasteiger partial charge in [0.25, 0.3) is 0 Å². The zero-order valence-electron chi connectivity index (χ0n) is 12.7. The Bertz CT molecular complexity index is 651. The highest BCUT2D eigenvalue weighted by Gasteiger charge is 2.14. The molecular weight excluding hydrogens is 312 g/mol. The third kappa shape index (κ3) is 4.43. The third-order valence-corrected chi connectivity index (χ3v) is 4.13. The number of piperidine rings is 1. The topological polar surface area (TPSA) is 66.1 Å².